The molecule has 0 unspecified atom stereocenters. The van der Waals surface area contributed by atoms with Gasteiger partial charge in [-0.2, -0.15) is 4.72 Å². The van der Waals surface area contributed by atoms with Gasteiger partial charge >= 0.3 is 0 Å². The molecule has 0 bridgehead atoms. The first-order valence-corrected chi connectivity index (χ1v) is 9.74. The lowest BCUT2D eigenvalue weighted by Gasteiger charge is -2.15. The van der Waals surface area contributed by atoms with Gasteiger partial charge in [-0.25, -0.2) is 8.42 Å². The van der Waals surface area contributed by atoms with Crippen LogP contribution in [0.2, 0.25) is 5.02 Å². The van der Waals surface area contributed by atoms with Crippen LogP contribution in [0, 0.1) is 0 Å². The third kappa shape index (κ3) is 5.29. The summed E-state index contributed by atoms with van der Waals surface area (Å²) in [4.78, 5) is 12.3. The van der Waals surface area contributed by atoms with E-state index in [1.807, 2.05) is 12.1 Å². The predicted molar refractivity (Wildman–Crippen MR) is 100 cm³/mol. The second kappa shape index (κ2) is 7.99. The number of carbonyl (C=O) groups is 1. The lowest BCUT2D eigenvalue weighted by atomic mass is 10.0. The number of halogens is 1. The normalized spacial score (nSPS) is 12.8. The van der Waals surface area contributed by atoms with Crippen LogP contribution in [0.3, 0.4) is 0 Å². The maximum atomic E-state index is 12.3. The van der Waals surface area contributed by atoms with E-state index in [2.05, 4.69) is 23.9 Å². The minimum Gasteiger partial charge on any atom is -0.325 e. The van der Waals surface area contributed by atoms with Gasteiger partial charge in [-0.05, 0) is 54.8 Å². The minimum atomic E-state index is -3.80. The number of benzene rings is 2. The highest BCUT2D eigenvalue weighted by molar-refractivity contribution is 7.89. The van der Waals surface area contributed by atoms with E-state index in [0.29, 0.717) is 16.6 Å². The zero-order chi connectivity index (χ0) is 18.6. The van der Waals surface area contributed by atoms with Crippen LogP contribution < -0.4 is 10.0 Å². The van der Waals surface area contributed by atoms with Crippen molar-refractivity contribution >= 4 is 33.2 Å². The smallest absolute Gasteiger partial charge is 0.242 e. The third-order valence-electron chi connectivity index (χ3n) is 3.69. The van der Waals surface area contributed by atoms with E-state index in [4.69, 9.17) is 11.6 Å². The summed E-state index contributed by atoms with van der Waals surface area (Å²) in [5, 5.41) is 3.14. The van der Waals surface area contributed by atoms with Gasteiger partial charge in [-0.1, -0.05) is 37.6 Å². The van der Waals surface area contributed by atoms with Crippen LogP contribution in [-0.4, -0.2) is 20.4 Å². The van der Waals surface area contributed by atoms with Crippen molar-refractivity contribution in [3.63, 3.8) is 0 Å². The van der Waals surface area contributed by atoms with Gasteiger partial charge < -0.3 is 5.32 Å². The topological polar surface area (TPSA) is 75.3 Å². The average molecular weight is 381 g/mol. The molecule has 0 aromatic heterocycles. The summed E-state index contributed by atoms with van der Waals surface area (Å²) in [6, 6.07) is 12.3. The van der Waals surface area contributed by atoms with E-state index < -0.39 is 22.0 Å². The van der Waals surface area contributed by atoms with Gasteiger partial charge in [-0.3, -0.25) is 4.79 Å². The lowest BCUT2D eigenvalue weighted by Crippen LogP contribution is -2.41. The molecule has 0 saturated heterocycles. The second-order valence-electron chi connectivity index (χ2n) is 6.06. The van der Waals surface area contributed by atoms with Crippen molar-refractivity contribution in [1.29, 1.82) is 0 Å². The number of amides is 1. The quantitative estimate of drug-likeness (QED) is 0.800. The Morgan fingerprint density at radius 1 is 0.960 bits per heavy atom. The van der Waals surface area contributed by atoms with Crippen LogP contribution in [-0.2, 0) is 14.8 Å². The van der Waals surface area contributed by atoms with E-state index in [0.717, 1.165) is 5.56 Å². The van der Waals surface area contributed by atoms with Gasteiger partial charge in [0.1, 0.15) is 0 Å². The molecule has 0 aliphatic heterocycles. The zero-order valence-corrected chi connectivity index (χ0v) is 15.9. The molecule has 0 saturated carbocycles. The van der Waals surface area contributed by atoms with E-state index in [-0.39, 0.29) is 4.90 Å². The highest BCUT2D eigenvalue weighted by Crippen LogP contribution is 2.18. The highest BCUT2D eigenvalue weighted by atomic mass is 35.5. The van der Waals surface area contributed by atoms with Crippen molar-refractivity contribution in [2.75, 3.05) is 5.32 Å². The van der Waals surface area contributed by atoms with Crippen LogP contribution in [0.4, 0.5) is 5.69 Å². The molecule has 0 radical (unpaired) electrons. The Kier molecular flexibility index (Phi) is 6.21. The number of anilines is 1. The molecule has 1 amide bonds. The number of nitrogens with one attached hydrogen (secondary N) is 2. The molecule has 134 valence electrons. The van der Waals surface area contributed by atoms with Crippen LogP contribution >= 0.6 is 11.6 Å². The first-order chi connectivity index (χ1) is 11.7. The van der Waals surface area contributed by atoms with Gasteiger partial charge in [0.05, 0.1) is 10.9 Å². The summed E-state index contributed by atoms with van der Waals surface area (Å²) in [6.07, 6.45) is 0. The van der Waals surface area contributed by atoms with Gasteiger partial charge in [0.15, 0.2) is 0 Å². The largest absolute Gasteiger partial charge is 0.325 e. The number of sulfonamides is 1. The summed E-state index contributed by atoms with van der Waals surface area (Å²) in [5.41, 5.74) is 1.78. The molecule has 25 heavy (non-hydrogen) atoms. The number of hydrogen-bond acceptors (Lipinski definition) is 3. The molecule has 0 fully saturated rings. The fourth-order valence-corrected chi connectivity index (χ4v) is 3.50. The maximum absolute atomic E-state index is 12.3. The van der Waals surface area contributed by atoms with Crippen molar-refractivity contribution in [3.8, 4) is 0 Å². The Labute approximate surface area is 153 Å². The van der Waals surface area contributed by atoms with E-state index in [1.54, 1.807) is 12.1 Å². The monoisotopic (exact) mass is 380 g/mol. The maximum Gasteiger partial charge on any atom is 0.242 e. The van der Waals surface area contributed by atoms with Crippen molar-refractivity contribution in [3.05, 3.63) is 59.1 Å². The molecule has 0 aliphatic rings. The zero-order valence-electron chi connectivity index (χ0n) is 14.3. The van der Waals surface area contributed by atoms with Gasteiger partial charge in [0, 0.05) is 10.7 Å². The fourth-order valence-electron chi connectivity index (χ4n) is 2.17. The summed E-state index contributed by atoms with van der Waals surface area (Å²) in [7, 11) is -3.80. The second-order valence-corrected chi connectivity index (χ2v) is 8.21. The first-order valence-electron chi connectivity index (χ1n) is 7.88. The van der Waals surface area contributed by atoms with Gasteiger partial charge in [0.25, 0.3) is 0 Å². The van der Waals surface area contributed by atoms with Crippen molar-refractivity contribution in [1.82, 2.24) is 4.72 Å². The van der Waals surface area contributed by atoms with E-state index >= 15 is 0 Å². The van der Waals surface area contributed by atoms with Crippen molar-refractivity contribution in [2.45, 2.75) is 37.6 Å². The molecule has 0 spiro atoms. The summed E-state index contributed by atoms with van der Waals surface area (Å²) in [5.74, 6) is -0.0373. The summed E-state index contributed by atoms with van der Waals surface area (Å²) < 4.78 is 27.0. The Bertz CT molecular complexity index is 832. The first kappa shape index (κ1) is 19.4. The van der Waals surface area contributed by atoms with Crippen LogP contribution in [0.5, 0.6) is 0 Å². The Balaban J connectivity index is 2.03. The Hall–Kier alpha value is -1.89. The summed E-state index contributed by atoms with van der Waals surface area (Å²) in [6.45, 7) is 5.66. The van der Waals surface area contributed by atoms with Gasteiger partial charge in [0.2, 0.25) is 15.9 Å². The third-order valence-corrected chi connectivity index (χ3v) is 5.50. The van der Waals surface area contributed by atoms with Crippen LogP contribution in [0.1, 0.15) is 32.3 Å². The molecule has 2 rings (SSSR count). The summed E-state index contributed by atoms with van der Waals surface area (Å²) >= 11 is 5.76. The van der Waals surface area contributed by atoms with Gasteiger partial charge in [-0.15, -0.1) is 0 Å². The molecule has 0 heterocycles. The van der Waals surface area contributed by atoms with Crippen LogP contribution in [0.15, 0.2) is 53.4 Å². The molecular weight excluding hydrogens is 360 g/mol. The molecular formula is C18H21ClN2O3S. The predicted octanol–water partition coefficient (Wildman–Crippen LogP) is 3.77. The Morgan fingerprint density at radius 3 is 2.04 bits per heavy atom. The average Bonchev–Trinajstić information content (AvgIpc) is 2.55. The lowest BCUT2D eigenvalue weighted by molar-refractivity contribution is -0.117. The molecule has 2 aromatic carbocycles. The SMILES string of the molecule is CC(C)c1ccc(NC(=O)[C@H](C)NS(=O)(=O)c2ccc(Cl)cc2)cc1. The Morgan fingerprint density at radius 2 is 1.52 bits per heavy atom. The molecule has 5 nitrogen and oxygen atoms in total. The highest BCUT2D eigenvalue weighted by Gasteiger charge is 2.22. The number of rotatable bonds is 6. The molecule has 2 aromatic rings. The fraction of sp³-hybridized carbons (Fsp3) is 0.278. The standard InChI is InChI=1S/C18H21ClN2O3S/c1-12(2)14-4-8-16(9-5-14)20-18(22)13(3)21-25(23,24)17-10-6-15(19)7-11-17/h4-13,21H,1-3H3,(H,20,22)/t13-/m0/s1. The van der Waals surface area contributed by atoms with Crippen molar-refractivity contribution < 1.29 is 13.2 Å². The van der Waals surface area contributed by atoms with Crippen molar-refractivity contribution in [2.24, 2.45) is 0 Å². The minimum absolute atomic E-state index is 0.0536. The molecule has 1 atom stereocenters. The molecule has 2 N–H and O–H groups in total. The van der Waals surface area contributed by atoms with E-state index in [9.17, 15) is 13.2 Å². The van der Waals surface area contributed by atoms with E-state index in [1.165, 1.54) is 31.2 Å². The molecule has 7 heteroatoms. The number of carbonyl (C=O) groups excluding carboxylic acids is 1. The molecule has 0 aliphatic carbocycles. The van der Waals surface area contributed by atoms with Crippen LogP contribution in [0.25, 0.3) is 0 Å². The number of hydrogen-bond donors (Lipinski definition) is 2.